The normalized spacial score (nSPS) is 11.1. The fraction of sp³-hybridized carbons (Fsp3) is 0.158. The Morgan fingerprint density at radius 1 is 1.10 bits per heavy atom. The van der Waals surface area contributed by atoms with Crippen molar-refractivity contribution in [2.75, 3.05) is 14.2 Å². The number of rotatable bonds is 6. The number of nitrogens with zero attached hydrogens (tertiary/aromatic N) is 3. The van der Waals surface area contributed by atoms with Crippen molar-refractivity contribution in [1.82, 2.24) is 9.78 Å². The molecule has 0 aliphatic heterocycles. The van der Waals surface area contributed by atoms with Gasteiger partial charge >= 0.3 is 17.8 Å². The lowest BCUT2D eigenvalue weighted by Gasteiger charge is -2.08. The van der Waals surface area contributed by atoms with Crippen LogP contribution >= 0.6 is 0 Å². The number of methoxy groups -OCH3 is 2. The Morgan fingerprint density at radius 3 is 2.45 bits per heavy atom. The minimum Gasteiger partial charge on any atom is -0.496 e. The van der Waals surface area contributed by atoms with E-state index in [-0.39, 0.29) is 28.6 Å². The zero-order chi connectivity index (χ0) is 22.8. The van der Waals surface area contributed by atoms with Gasteiger partial charge in [-0.2, -0.15) is 18.3 Å². The number of nitro benzene ring substituents is 1. The number of nitro groups is 1. The first-order chi connectivity index (χ1) is 14.6. The molecule has 162 valence electrons. The molecule has 0 saturated carbocycles. The van der Waals surface area contributed by atoms with E-state index in [0.29, 0.717) is 0 Å². The molecule has 0 N–H and O–H groups in total. The highest BCUT2D eigenvalue weighted by Crippen LogP contribution is 2.33. The van der Waals surface area contributed by atoms with Gasteiger partial charge in [-0.3, -0.25) is 10.1 Å². The number of hydrogen-bond acceptors (Lipinski definition) is 7. The quantitative estimate of drug-likeness (QED) is 0.248. The smallest absolute Gasteiger partial charge is 0.416 e. The van der Waals surface area contributed by atoms with Gasteiger partial charge in [0.05, 0.1) is 42.7 Å². The summed E-state index contributed by atoms with van der Waals surface area (Å²) in [5.74, 6) is -1.39. The van der Waals surface area contributed by atoms with Crippen molar-refractivity contribution in [2.24, 2.45) is 0 Å². The fourth-order valence-corrected chi connectivity index (χ4v) is 2.61. The molecule has 0 bridgehead atoms. The second-order valence-corrected chi connectivity index (χ2v) is 6.02. The van der Waals surface area contributed by atoms with Crippen molar-refractivity contribution in [3.63, 3.8) is 0 Å². The van der Waals surface area contributed by atoms with Crippen molar-refractivity contribution in [1.29, 1.82) is 0 Å². The standard InChI is InChI=1S/C19H14F3N3O6/c1-29-13-6-7-15(14(9-13)25(27)28)31-18(26)17-16(30-2)10-24(23-17)12-5-3-4-11(8-12)19(20,21)22/h3-10H,1-2H3. The zero-order valence-electron chi connectivity index (χ0n) is 16.0. The Balaban J connectivity index is 1.95. The molecule has 0 fully saturated rings. The Labute approximate surface area is 172 Å². The molecule has 31 heavy (non-hydrogen) atoms. The largest absolute Gasteiger partial charge is 0.496 e. The molecule has 0 unspecified atom stereocenters. The number of carbonyl (C=O) groups is 1. The van der Waals surface area contributed by atoms with E-state index in [4.69, 9.17) is 14.2 Å². The van der Waals surface area contributed by atoms with Crippen LogP contribution in [0.1, 0.15) is 16.1 Å². The topological polar surface area (TPSA) is 106 Å². The molecule has 0 radical (unpaired) electrons. The maximum absolute atomic E-state index is 13.0. The number of hydrogen-bond donors (Lipinski definition) is 0. The third kappa shape index (κ3) is 4.57. The molecule has 9 nitrogen and oxygen atoms in total. The van der Waals surface area contributed by atoms with E-state index in [2.05, 4.69) is 5.10 Å². The van der Waals surface area contributed by atoms with Gasteiger partial charge in [0, 0.05) is 0 Å². The van der Waals surface area contributed by atoms with Gasteiger partial charge in [-0.15, -0.1) is 0 Å². The van der Waals surface area contributed by atoms with E-state index in [9.17, 15) is 28.1 Å². The van der Waals surface area contributed by atoms with Crippen LogP contribution in [0.4, 0.5) is 18.9 Å². The molecule has 0 saturated heterocycles. The summed E-state index contributed by atoms with van der Waals surface area (Å²) in [4.78, 5) is 23.1. The van der Waals surface area contributed by atoms with Crippen LogP contribution in [0.3, 0.4) is 0 Å². The first-order valence-corrected chi connectivity index (χ1v) is 8.50. The Morgan fingerprint density at radius 2 is 1.84 bits per heavy atom. The second kappa shape index (κ2) is 8.34. The number of ether oxygens (including phenoxy) is 3. The summed E-state index contributed by atoms with van der Waals surface area (Å²) in [7, 11) is 2.54. The van der Waals surface area contributed by atoms with Crippen molar-refractivity contribution in [3.05, 3.63) is 70.0 Å². The van der Waals surface area contributed by atoms with E-state index >= 15 is 0 Å². The van der Waals surface area contributed by atoms with Gasteiger partial charge in [-0.1, -0.05) is 6.07 Å². The molecule has 0 spiro atoms. The fourth-order valence-electron chi connectivity index (χ4n) is 2.61. The molecule has 0 amide bonds. The number of benzene rings is 2. The number of esters is 1. The average Bonchev–Trinajstić information content (AvgIpc) is 3.18. The van der Waals surface area contributed by atoms with Crippen molar-refractivity contribution < 1.29 is 37.1 Å². The van der Waals surface area contributed by atoms with Gasteiger partial charge < -0.3 is 14.2 Å². The monoisotopic (exact) mass is 437 g/mol. The maximum Gasteiger partial charge on any atom is 0.416 e. The number of carbonyl (C=O) groups excluding carboxylic acids is 1. The van der Waals surface area contributed by atoms with Gasteiger partial charge in [0.25, 0.3) is 0 Å². The third-order valence-corrected chi connectivity index (χ3v) is 4.10. The van der Waals surface area contributed by atoms with Crippen LogP contribution in [0.15, 0.2) is 48.7 Å². The number of aromatic nitrogens is 2. The minimum atomic E-state index is -4.57. The van der Waals surface area contributed by atoms with E-state index in [1.807, 2.05) is 0 Å². The maximum atomic E-state index is 13.0. The molecule has 3 aromatic rings. The summed E-state index contributed by atoms with van der Waals surface area (Å²) in [6.45, 7) is 0. The highest BCUT2D eigenvalue weighted by molar-refractivity contribution is 5.92. The lowest BCUT2D eigenvalue weighted by Crippen LogP contribution is -2.12. The highest BCUT2D eigenvalue weighted by atomic mass is 19.4. The van der Waals surface area contributed by atoms with Crippen molar-refractivity contribution in [2.45, 2.75) is 6.18 Å². The molecule has 3 rings (SSSR count). The average molecular weight is 437 g/mol. The van der Waals surface area contributed by atoms with E-state index < -0.39 is 28.3 Å². The predicted octanol–water partition coefficient (Wildman–Crippen LogP) is 4.04. The summed E-state index contributed by atoms with van der Waals surface area (Å²) in [6.07, 6.45) is -3.38. The van der Waals surface area contributed by atoms with Gasteiger partial charge in [-0.25, -0.2) is 9.48 Å². The molecular formula is C19H14F3N3O6. The zero-order valence-corrected chi connectivity index (χ0v) is 16.0. The first kappa shape index (κ1) is 21.6. The van der Waals surface area contributed by atoms with Crippen molar-refractivity contribution >= 4 is 11.7 Å². The lowest BCUT2D eigenvalue weighted by atomic mass is 10.2. The molecule has 1 heterocycles. The Hall–Kier alpha value is -4.09. The molecular weight excluding hydrogens is 423 g/mol. The van der Waals surface area contributed by atoms with Crippen LogP contribution in [0.2, 0.25) is 0 Å². The van der Waals surface area contributed by atoms with Crippen LogP contribution in [0.5, 0.6) is 17.2 Å². The van der Waals surface area contributed by atoms with Crippen LogP contribution in [-0.4, -0.2) is 34.9 Å². The van der Waals surface area contributed by atoms with E-state index in [0.717, 1.165) is 22.9 Å². The summed E-state index contributed by atoms with van der Waals surface area (Å²) in [5, 5.41) is 15.2. The summed E-state index contributed by atoms with van der Waals surface area (Å²) in [5.41, 5.74) is -1.80. The van der Waals surface area contributed by atoms with E-state index in [1.54, 1.807) is 0 Å². The lowest BCUT2D eigenvalue weighted by molar-refractivity contribution is -0.385. The van der Waals surface area contributed by atoms with E-state index in [1.165, 1.54) is 44.7 Å². The van der Waals surface area contributed by atoms with Gasteiger partial charge in [0.2, 0.25) is 11.4 Å². The van der Waals surface area contributed by atoms with Crippen molar-refractivity contribution in [3.8, 4) is 22.9 Å². The minimum absolute atomic E-state index is 0.0163. The predicted molar refractivity (Wildman–Crippen MR) is 99.7 cm³/mol. The Kier molecular flexibility index (Phi) is 5.81. The Bertz CT molecular complexity index is 1140. The van der Waals surface area contributed by atoms with Gasteiger partial charge in [0.1, 0.15) is 5.75 Å². The number of halogens is 3. The van der Waals surface area contributed by atoms with Crippen LogP contribution in [0, 0.1) is 10.1 Å². The summed E-state index contributed by atoms with van der Waals surface area (Å²) in [6, 6.07) is 7.87. The summed E-state index contributed by atoms with van der Waals surface area (Å²) >= 11 is 0. The van der Waals surface area contributed by atoms with Crippen LogP contribution in [-0.2, 0) is 6.18 Å². The van der Waals surface area contributed by atoms with Crippen LogP contribution in [0.25, 0.3) is 5.69 Å². The molecule has 0 aliphatic carbocycles. The molecule has 2 aromatic carbocycles. The van der Waals surface area contributed by atoms with Crippen LogP contribution < -0.4 is 14.2 Å². The summed E-state index contributed by atoms with van der Waals surface area (Å²) < 4.78 is 55.0. The molecule has 0 atom stereocenters. The molecule has 12 heteroatoms. The SMILES string of the molecule is COc1ccc(OC(=O)c2nn(-c3cccc(C(F)(F)F)c3)cc2OC)c([N+](=O)[O-])c1. The van der Waals surface area contributed by atoms with Gasteiger partial charge in [-0.05, 0) is 30.3 Å². The third-order valence-electron chi connectivity index (χ3n) is 4.10. The van der Waals surface area contributed by atoms with Gasteiger partial charge in [0.15, 0.2) is 5.75 Å². The first-order valence-electron chi connectivity index (χ1n) is 8.50. The molecule has 0 aliphatic rings. The highest BCUT2D eigenvalue weighted by Gasteiger charge is 2.31. The second-order valence-electron chi connectivity index (χ2n) is 6.02. The number of alkyl halides is 3. The molecule has 1 aromatic heterocycles.